The van der Waals surface area contributed by atoms with Gasteiger partial charge in [0, 0.05) is 30.4 Å². The zero-order chi connectivity index (χ0) is 19.1. The summed E-state index contributed by atoms with van der Waals surface area (Å²) in [6.07, 6.45) is 9.90. The zero-order valence-corrected chi connectivity index (χ0v) is 15.9. The van der Waals surface area contributed by atoms with Crippen molar-refractivity contribution in [2.45, 2.75) is 38.1 Å². The molecule has 2 heterocycles. The summed E-state index contributed by atoms with van der Waals surface area (Å²) in [4.78, 5) is 17.6. The van der Waals surface area contributed by atoms with Crippen LogP contribution in [0.2, 0.25) is 0 Å². The van der Waals surface area contributed by atoms with Crippen LogP contribution in [0.1, 0.15) is 32.1 Å². The number of anilines is 1. The molecule has 0 atom stereocenters. The van der Waals surface area contributed by atoms with Crippen LogP contribution in [-0.4, -0.2) is 25.4 Å². The second-order valence-electron chi connectivity index (χ2n) is 7.68. The first-order valence-electron chi connectivity index (χ1n) is 9.89. The van der Waals surface area contributed by atoms with E-state index in [1.54, 1.807) is 15.6 Å². The maximum atomic E-state index is 13.1. The highest BCUT2D eigenvalue weighted by molar-refractivity contribution is 5.83. The first-order valence-corrected chi connectivity index (χ1v) is 9.89. The standard InChI is InChI=1S/C22H23N5O/c1-26-13-15-11-18(8-10-20(15)25-26)27-14-23-21-12-17(7-9-19(21)22(27)28)24-16-5-3-2-4-6-16/h7-14,16,24H,2-6H2,1H3. The Bertz CT molecular complexity index is 1220. The molecule has 0 radical (unpaired) electrons. The van der Waals surface area contributed by atoms with E-state index in [4.69, 9.17) is 0 Å². The first kappa shape index (κ1) is 17.0. The van der Waals surface area contributed by atoms with Crippen molar-refractivity contribution >= 4 is 27.5 Å². The molecule has 1 aliphatic carbocycles. The molecule has 0 amide bonds. The Morgan fingerprint density at radius 1 is 1.04 bits per heavy atom. The third-order valence-electron chi connectivity index (χ3n) is 5.62. The molecule has 6 heteroatoms. The summed E-state index contributed by atoms with van der Waals surface area (Å²) in [5, 5.41) is 9.61. The van der Waals surface area contributed by atoms with Crippen molar-refractivity contribution in [2.75, 3.05) is 5.32 Å². The van der Waals surface area contributed by atoms with E-state index in [0.717, 1.165) is 27.8 Å². The first-order chi connectivity index (χ1) is 13.7. The number of hydrogen-bond donors (Lipinski definition) is 1. The van der Waals surface area contributed by atoms with E-state index >= 15 is 0 Å². The summed E-state index contributed by atoms with van der Waals surface area (Å²) in [5.74, 6) is 0. The van der Waals surface area contributed by atoms with Crippen molar-refractivity contribution in [3.63, 3.8) is 0 Å². The molecule has 2 aromatic heterocycles. The number of aromatic nitrogens is 4. The van der Waals surface area contributed by atoms with Crippen LogP contribution in [0.4, 0.5) is 5.69 Å². The number of fused-ring (bicyclic) bond motifs is 2. The Morgan fingerprint density at radius 3 is 2.75 bits per heavy atom. The lowest BCUT2D eigenvalue weighted by atomic mass is 9.95. The number of rotatable bonds is 3. The van der Waals surface area contributed by atoms with E-state index in [-0.39, 0.29) is 5.56 Å². The average Bonchev–Trinajstić information content (AvgIpc) is 3.08. The molecule has 0 spiro atoms. The van der Waals surface area contributed by atoms with Gasteiger partial charge in [-0.25, -0.2) is 4.98 Å². The number of nitrogens with zero attached hydrogens (tertiary/aromatic N) is 4. The highest BCUT2D eigenvalue weighted by Crippen LogP contribution is 2.23. The van der Waals surface area contributed by atoms with Gasteiger partial charge in [-0.1, -0.05) is 19.3 Å². The van der Waals surface area contributed by atoms with Crippen molar-refractivity contribution in [1.82, 2.24) is 19.3 Å². The fraction of sp³-hybridized carbons (Fsp3) is 0.318. The molecule has 1 fully saturated rings. The summed E-state index contributed by atoms with van der Waals surface area (Å²) in [6.45, 7) is 0. The molecule has 142 valence electrons. The van der Waals surface area contributed by atoms with Gasteiger partial charge in [0.1, 0.15) is 6.33 Å². The quantitative estimate of drug-likeness (QED) is 0.589. The molecule has 0 bridgehead atoms. The summed E-state index contributed by atoms with van der Waals surface area (Å²) < 4.78 is 3.37. The topological polar surface area (TPSA) is 64.7 Å². The van der Waals surface area contributed by atoms with Crippen LogP contribution in [0.3, 0.4) is 0 Å². The second-order valence-corrected chi connectivity index (χ2v) is 7.68. The molecule has 6 nitrogen and oxygen atoms in total. The van der Waals surface area contributed by atoms with Crippen LogP contribution in [0.15, 0.2) is 53.7 Å². The Kier molecular flexibility index (Phi) is 4.11. The molecule has 1 aliphatic rings. The van der Waals surface area contributed by atoms with Gasteiger partial charge >= 0.3 is 0 Å². The molecular weight excluding hydrogens is 350 g/mol. The normalized spacial score (nSPS) is 15.3. The summed E-state index contributed by atoms with van der Waals surface area (Å²) in [7, 11) is 1.89. The van der Waals surface area contributed by atoms with Crippen molar-refractivity contribution in [2.24, 2.45) is 7.05 Å². The fourth-order valence-electron chi connectivity index (χ4n) is 4.16. The van der Waals surface area contributed by atoms with Crippen molar-refractivity contribution in [3.05, 3.63) is 59.3 Å². The van der Waals surface area contributed by atoms with Crippen LogP contribution in [-0.2, 0) is 7.05 Å². The Labute approximate surface area is 162 Å². The van der Waals surface area contributed by atoms with Gasteiger partial charge in [-0.05, 0) is 49.2 Å². The predicted molar refractivity (Wildman–Crippen MR) is 112 cm³/mol. The van der Waals surface area contributed by atoms with Crippen LogP contribution in [0.25, 0.3) is 27.5 Å². The number of aryl methyl sites for hydroxylation is 1. The van der Waals surface area contributed by atoms with Crippen molar-refractivity contribution in [3.8, 4) is 5.69 Å². The van der Waals surface area contributed by atoms with Gasteiger partial charge in [0.25, 0.3) is 5.56 Å². The minimum atomic E-state index is -0.0579. The molecule has 0 saturated heterocycles. The Morgan fingerprint density at radius 2 is 1.89 bits per heavy atom. The smallest absolute Gasteiger partial charge is 0.265 e. The van der Waals surface area contributed by atoms with Crippen LogP contribution >= 0.6 is 0 Å². The molecule has 1 N–H and O–H groups in total. The van der Waals surface area contributed by atoms with Gasteiger partial charge in [0.15, 0.2) is 0 Å². The predicted octanol–water partition coefficient (Wildman–Crippen LogP) is 4.02. The summed E-state index contributed by atoms with van der Waals surface area (Å²) in [5.41, 5.74) is 3.42. The SMILES string of the molecule is Cn1cc2cc(-n3cnc4cc(NC5CCCCC5)ccc4c3=O)ccc2n1. The van der Waals surface area contributed by atoms with Gasteiger partial charge in [-0.2, -0.15) is 5.10 Å². The summed E-state index contributed by atoms with van der Waals surface area (Å²) in [6, 6.07) is 12.2. The molecule has 5 rings (SSSR count). The lowest BCUT2D eigenvalue weighted by molar-refractivity contribution is 0.463. The van der Waals surface area contributed by atoms with Gasteiger partial charge in [0.2, 0.25) is 0 Å². The maximum absolute atomic E-state index is 13.1. The highest BCUT2D eigenvalue weighted by atomic mass is 16.1. The maximum Gasteiger partial charge on any atom is 0.265 e. The summed E-state index contributed by atoms with van der Waals surface area (Å²) >= 11 is 0. The minimum absolute atomic E-state index is 0.0579. The van der Waals surface area contributed by atoms with Gasteiger partial charge in [0.05, 0.1) is 22.1 Å². The molecule has 28 heavy (non-hydrogen) atoms. The van der Waals surface area contributed by atoms with Crippen molar-refractivity contribution in [1.29, 1.82) is 0 Å². The van der Waals surface area contributed by atoms with Crippen LogP contribution in [0, 0.1) is 0 Å². The molecule has 0 unspecified atom stereocenters. The van der Waals surface area contributed by atoms with E-state index in [2.05, 4.69) is 15.4 Å². The van der Waals surface area contributed by atoms with E-state index in [9.17, 15) is 4.79 Å². The largest absolute Gasteiger partial charge is 0.382 e. The lowest BCUT2D eigenvalue weighted by Crippen LogP contribution is -2.22. The number of nitrogens with one attached hydrogen (secondary N) is 1. The average molecular weight is 373 g/mol. The highest BCUT2D eigenvalue weighted by Gasteiger charge is 2.14. The second kappa shape index (κ2) is 6.78. The molecule has 1 saturated carbocycles. The zero-order valence-electron chi connectivity index (χ0n) is 15.9. The van der Waals surface area contributed by atoms with E-state index in [1.165, 1.54) is 32.1 Å². The Balaban J connectivity index is 1.51. The molecule has 0 aliphatic heterocycles. The third kappa shape index (κ3) is 3.05. The molecule has 2 aromatic carbocycles. The van der Waals surface area contributed by atoms with Gasteiger partial charge in [-0.3, -0.25) is 14.0 Å². The van der Waals surface area contributed by atoms with Gasteiger partial charge < -0.3 is 5.32 Å². The molecule has 4 aromatic rings. The van der Waals surface area contributed by atoms with E-state index in [1.807, 2.05) is 49.6 Å². The fourth-order valence-corrected chi connectivity index (χ4v) is 4.16. The number of hydrogen-bond acceptors (Lipinski definition) is 4. The molecular formula is C22H23N5O. The lowest BCUT2D eigenvalue weighted by Gasteiger charge is -2.23. The monoisotopic (exact) mass is 373 g/mol. The minimum Gasteiger partial charge on any atom is -0.382 e. The van der Waals surface area contributed by atoms with Gasteiger partial charge in [-0.15, -0.1) is 0 Å². The van der Waals surface area contributed by atoms with E-state index < -0.39 is 0 Å². The van der Waals surface area contributed by atoms with Crippen molar-refractivity contribution < 1.29 is 0 Å². The Hall–Kier alpha value is -3.15. The van der Waals surface area contributed by atoms with E-state index in [0.29, 0.717) is 11.4 Å². The van der Waals surface area contributed by atoms with Crippen LogP contribution in [0.5, 0.6) is 0 Å². The van der Waals surface area contributed by atoms with Crippen LogP contribution < -0.4 is 10.9 Å². The third-order valence-corrected chi connectivity index (χ3v) is 5.62. The number of benzene rings is 2.